The summed E-state index contributed by atoms with van der Waals surface area (Å²) in [5.74, 6) is 1.47. The van der Waals surface area contributed by atoms with Crippen molar-refractivity contribution in [1.82, 2.24) is 9.80 Å². The molecule has 4 heteroatoms. The molecule has 0 radical (unpaired) electrons. The lowest BCUT2D eigenvalue weighted by molar-refractivity contribution is 0.120. The van der Waals surface area contributed by atoms with Gasteiger partial charge in [-0.1, -0.05) is 12.2 Å². The predicted molar refractivity (Wildman–Crippen MR) is 72.3 cm³/mol. The topological polar surface area (TPSA) is 28.1 Å². The molecule has 1 rings (SSSR count). The largest absolute Gasteiger partial charge is 0.374 e. The highest BCUT2D eigenvalue weighted by Crippen LogP contribution is 2.26. The van der Waals surface area contributed by atoms with Crippen molar-refractivity contribution in [2.24, 2.45) is 10.9 Å². The Morgan fingerprint density at radius 1 is 1.29 bits per heavy atom. The third-order valence-electron chi connectivity index (χ3n) is 2.97. The highest BCUT2D eigenvalue weighted by atomic mass is 16.5. The van der Waals surface area contributed by atoms with Crippen molar-refractivity contribution in [1.29, 1.82) is 0 Å². The average molecular weight is 239 g/mol. The lowest BCUT2D eigenvalue weighted by atomic mass is 9.97. The van der Waals surface area contributed by atoms with Crippen molar-refractivity contribution in [3.05, 3.63) is 12.2 Å². The van der Waals surface area contributed by atoms with Crippen LogP contribution in [0.2, 0.25) is 0 Å². The molecule has 98 valence electrons. The first kappa shape index (κ1) is 14.0. The van der Waals surface area contributed by atoms with Crippen molar-refractivity contribution < 1.29 is 4.74 Å². The molecule has 0 aliphatic carbocycles. The maximum atomic E-state index is 5.68. The second-order valence-corrected chi connectivity index (χ2v) is 5.12. The van der Waals surface area contributed by atoms with E-state index in [1.165, 1.54) is 0 Å². The van der Waals surface area contributed by atoms with Crippen LogP contribution < -0.4 is 0 Å². The van der Waals surface area contributed by atoms with E-state index in [1.54, 1.807) is 0 Å². The Morgan fingerprint density at radius 2 is 1.88 bits per heavy atom. The summed E-state index contributed by atoms with van der Waals surface area (Å²) >= 11 is 0. The SMILES string of the molecule is C=C(C)C1OCCC1CN=C(N(C)C)N(C)C. The van der Waals surface area contributed by atoms with Gasteiger partial charge in [-0.25, -0.2) is 0 Å². The molecule has 0 aromatic rings. The van der Waals surface area contributed by atoms with Gasteiger partial charge in [0.25, 0.3) is 0 Å². The lowest BCUT2D eigenvalue weighted by Gasteiger charge is -2.24. The maximum absolute atomic E-state index is 5.68. The second-order valence-electron chi connectivity index (χ2n) is 5.12. The molecule has 1 aliphatic rings. The summed E-state index contributed by atoms with van der Waals surface area (Å²) in [5.41, 5.74) is 1.11. The van der Waals surface area contributed by atoms with Crippen LogP contribution >= 0.6 is 0 Å². The second kappa shape index (κ2) is 6.05. The number of aliphatic imine (C=N–C) groups is 1. The van der Waals surface area contributed by atoms with Crippen molar-refractivity contribution in [2.45, 2.75) is 19.4 Å². The average Bonchev–Trinajstić information content (AvgIpc) is 2.64. The first-order valence-electron chi connectivity index (χ1n) is 6.09. The third-order valence-corrected chi connectivity index (χ3v) is 2.97. The first-order chi connectivity index (χ1) is 7.93. The van der Waals surface area contributed by atoms with E-state index in [-0.39, 0.29) is 6.10 Å². The molecular weight excluding hydrogens is 214 g/mol. The van der Waals surface area contributed by atoms with Gasteiger partial charge in [0.2, 0.25) is 0 Å². The van der Waals surface area contributed by atoms with Crippen molar-refractivity contribution >= 4 is 5.96 Å². The zero-order valence-corrected chi connectivity index (χ0v) is 11.7. The van der Waals surface area contributed by atoms with Gasteiger partial charge >= 0.3 is 0 Å². The van der Waals surface area contributed by atoms with E-state index < -0.39 is 0 Å². The van der Waals surface area contributed by atoms with E-state index >= 15 is 0 Å². The van der Waals surface area contributed by atoms with E-state index in [9.17, 15) is 0 Å². The van der Waals surface area contributed by atoms with Crippen LogP contribution in [0.15, 0.2) is 17.1 Å². The maximum Gasteiger partial charge on any atom is 0.195 e. The summed E-state index contributed by atoms with van der Waals surface area (Å²) in [7, 11) is 8.06. The molecule has 4 nitrogen and oxygen atoms in total. The fraction of sp³-hybridized carbons (Fsp3) is 0.769. The van der Waals surface area contributed by atoms with Crippen molar-refractivity contribution in [3.63, 3.8) is 0 Å². The number of hydrogen-bond donors (Lipinski definition) is 0. The van der Waals surface area contributed by atoms with Crippen LogP contribution in [0, 0.1) is 5.92 Å². The molecule has 2 atom stereocenters. The van der Waals surface area contributed by atoms with Crippen LogP contribution in [-0.2, 0) is 4.74 Å². The van der Waals surface area contributed by atoms with Crippen LogP contribution in [-0.4, -0.2) is 63.2 Å². The highest BCUT2D eigenvalue weighted by molar-refractivity contribution is 5.79. The molecule has 17 heavy (non-hydrogen) atoms. The summed E-state index contributed by atoms with van der Waals surface area (Å²) < 4.78 is 5.68. The first-order valence-corrected chi connectivity index (χ1v) is 6.09. The Morgan fingerprint density at radius 3 is 2.35 bits per heavy atom. The molecule has 1 aliphatic heterocycles. The number of ether oxygens (including phenoxy) is 1. The molecule has 2 unspecified atom stereocenters. The Balaban J connectivity index is 2.64. The van der Waals surface area contributed by atoms with Gasteiger partial charge in [0.1, 0.15) is 0 Å². The summed E-state index contributed by atoms with van der Waals surface area (Å²) in [5, 5.41) is 0. The van der Waals surface area contributed by atoms with E-state index in [1.807, 2.05) is 44.9 Å². The van der Waals surface area contributed by atoms with Crippen LogP contribution in [0.1, 0.15) is 13.3 Å². The minimum Gasteiger partial charge on any atom is -0.374 e. The van der Waals surface area contributed by atoms with Gasteiger partial charge in [0.15, 0.2) is 5.96 Å². The Labute approximate surface area is 105 Å². The smallest absolute Gasteiger partial charge is 0.195 e. The predicted octanol–water partition coefficient (Wildman–Crippen LogP) is 1.45. The van der Waals surface area contributed by atoms with Crippen molar-refractivity contribution in [2.75, 3.05) is 41.3 Å². The molecule has 1 heterocycles. The molecule has 1 fully saturated rings. The quantitative estimate of drug-likeness (QED) is 0.424. The Hall–Kier alpha value is -1.03. The van der Waals surface area contributed by atoms with E-state index in [0.717, 1.165) is 31.1 Å². The van der Waals surface area contributed by atoms with Gasteiger partial charge in [-0.3, -0.25) is 4.99 Å². The van der Waals surface area contributed by atoms with E-state index in [0.29, 0.717) is 5.92 Å². The Bertz CT molecular complexity index is 287. The molecule has 0 spiro atoms. The number of nitrogens with zero attached hydrogens (tertiary/aromatic N) is 3. The summed E-state index contributed by atoms with van der Waals surface area (Å²) in [6.07, 6.45) is 1.26. The molecule has 1 saturated heterocycles. The van der Waals surface area contributed by atoms with Gasteiger partial charge in [-0.2, -0.15) is 0 Å². The number of hydrogen-bond acceptors (Lipinski definition) is 2. The monoisotopic (exact) mass is 239 g/mol. The molecular formula is C13H25N3O. The lowest BCUT2D eigenvalue weighted by Crippen LogP contribution is -2.36. The van der Waals surface area contributed by atoms with E-state index in [2.05, 4.69) is 11.6 Å². The standard InChI is InChI=1S/C13H25N3O/c1-10(2)12-11(7-8-17-12)9-14-13(15(3)4)16(5)6/h11-12H,1,7-9H2,2-6H3. The fourth-order valence-corrected chi connectivity index (χ4v) is 2.25. The molecule has 0 aromatic heterocycles. The van der Waals surface area contributed by atoms with Crippen LogP contribution in [0.5, 0.6) is 0 Å². The van der Waals surface area contributed by atoms with Gasteiger partial charge < -0.3 is 14.5 Å². The summed E-state index contributed by atoms with van der Waals surface area (Å²) in [4.78, 5) is 8.75. The highest BCUT2D eigenvalue weighted by Gasteiger charge is 2.28. The van der Waals surface area contributed by atoms with Crippen molar-refractivity contribution in [3.8, 4) is 0 Å². The summed E-state index contributed by atoms with van der Waals surface area (Å²) in [6.45, 7) is 7.66. The number of guanidine groups is 1. The van der Waals surface area contributed by atoms with Crippen LogP contribution in [0.25, 0.3) is 0 Å². The Kier molecular flexibility index (Phi) is 5.00. The minimum atomic E-state index is 0.185. The fourth-order valence-electron chi connectivity index (χ4n) is 2.25. The molecule has 0 aromatic carbocycles. The molecule has 0 N–H and O–H groups in total. The van der Waals surface area contributed by atoms with Gasteiger partial charge in [0.05, 0.1) is 6.10 Å². The molecule has 0 bridgehead atoms. The normalized spacial score (nSPS) is 23.4. The van der Waals surface area contributed by atoms with Gasteiger partial charge in [0, 0.05) is 47.3 Å². The zero-order valence-electron chi connectivity index (χ0n) is 11.7. The van der Waals surface area contributed by atoms with Gasteiger partial charge in [-0.05, 0) is 13.3 Å². The minimum absolute atomic E-state index is 0.185. The zero-order chi connectivity index (χ0) is 13.0. The number of rotatable bonds is 3. The molecule has 0 saturated carbocycles. The summed E-state index contributed by atoms with van der Waals surface area (Å²) in [6, 6.07) is 0. The van der Waals surface area contributed by atoms with Crippen LogP contribution in [0.4, 0.5) is 0 Å². The van der Waals surface area contributed by atoms with E-state index in [4.69, 9.17) is 4.74 Å². The van der Waals surface area contributed by atoms with Gasteiger partial charge in [-0.15, -0.1) is 0 Å². The molecule has 0 amide bonds. The third kappa shape index (κ3) is 3.73. The van der Waals surface area contributed by atoms with Crippen LogP contribution in [0.3, 0.4) is 0 Å².